The lowest BCUT2D eigenvalue weighted by Crippen LogP contribution is -2.26. The quantitative estimate of drug-likeness (QED) is 0.888. The number of halogens is 1. The summed E-state index contributed by atoms with van der Waals surface area (Å²) in [7, 11) is 0. The summed E-state index contributed by atoms with van der Waals surface area (Å²) in [4.78, 5) is 10.8. The lowest BCUT2D eigenvalue weighted by atomic mass is 9.76. The summed E-state index contributed by atoms with van der Waals surface area (Å²) >= 11 is 6.09. The van der Waals surface area contributed by atoms with E-state index in [4.69, 9.17) is 21.4 Å². The van der Waals surface area contributed by atoms with E-state index in [1.807, 2.05) is 0 Å². The molecule has 4 heteroatoms. The molecule has 2 rings (SSSR count). The molecule has 0 spiro atoms. The zero-order chi connectivity index (χ0) is 14.8. The number of aromatic carboxylic acids is 1. The summed E-state index contributed by atoms with van der Waals surface area (Å²) in [6, 6.07) is 4.78. The average Bonchev–Trinajstić information content (AvgIpc) is 2.38. The number of ether oxygens (including phenoxy) is 1. The van der Waals surface area contributed by atoms with Crippen molar-refractivity contribution in [1.82, 2.24) is 0 Å². The zero-order valence-electron chi connectivity index (χ0n) is 12.0. The third-order valence-electron chi connectivity index (χ3n) is 4.06. The highest BCUT2D eigenvalue weighted by Gasteiger charge is 2.27. The molecule has 20 heavy (non-hydrogen) atoms. The molecule has 1 saturated carbocycles. The molecule has 0 aromatic heterocycles. The van der Waals surface area contributed by atoms with Crippen molar-refractivity contribution in [2.24, 2.45) is 5.41 Å². The molecule has 0 aliphatic heterocycles. The van der Waals surface area contributed by atoms with Crippen molar-refractivity contribution in [1.29, 1.82) is 0 Å². The maximum Gasteiger partial charge on any atom is 0.335 e. The number of carboxylic acids is 1. The van der Waals surface area contributed by atoms with Gasteiger partial charge in [-0.2, -0.15) is 0 Å². The minimum atomic E-state index is -0.964. The summed E-state index contributed by atoms with van der Waals surface area (Å²) in [6.07, 6.45) is 4.82. The number of carboxylic acid groups (broad SMARTS) is 1. The van der Waals surface area contributed by atoms with E-state index in [0.29, 0.717) is 23.1 Å². The lowest BCUT2D eigenvalue weighted by Gasteiger charge is -2.34. The van der Waals surface area contributed by atoms with Gasteiger partial charge >= 0.3 is 5.97 Å². The van der Waals surface area contributed by atoms with Gasteiger partial charge in [0.25, 0.3) is 0 Å². The number of benzene rings is 1. The van der Waals surface area contributed by atoms with Crippen molar-refractivity contribution < 1.29 is 14.6 Å². The van der Waals surface area contributed by atoms with Crippen molar-refractivity contribution in [3.8, 4) is 0 Å². The molecule has 3 nitrogen and oxygen atoms in total. The Labute approximate surface area is 124 Å². The van der Waals surface area contributed by atoms with Gasteiger partial charge in [-0.05, 0) is 48.8 Å². The van der Waals surface area contributed by atoms with Crippen LogP contribution in [0.25, 0.3) is 0 Å². The first-order valence-corrected chi connectivity index (χ1v) is 7.38. The molecule has 1 N–H and O–H groups in total. The molecular formula is C16H21ClO3. The van der Waals surface area contributed by atoms with Gasteiger partial charge < -0.3 is 9.84 Å². The fourth-order valence-corrected chi connectivity index (χ4v) is 2.78. The Morgan fingerprint density at radius 2 is 2.05 bits per heavy atom. The van der Waals surface area contributed by atoms with Crippen LogP contribution in [0, 0.1) is 5.41 Å². The van der Waals surface area contributed by atoms with E-state index in [9.17, 15) is 4.79 Å². The summed E-state index contributed by atoms with van der Waals surface area (Å²) in [6.45, 7) is 5.04. The second-order valence-corrected chi connectivity index (χ2v) is 6.69. The van der Waals surface area contributed by atoms with Crippen LogP contribution >= 0.6 is 11.6 Å². The largest absolute Gasteiger partial charge is 0.478 e. The molecule has 0 radical (unpaired) electrons. The molecule has 1 aliphatic carbocycles. The van der Waals surface area contributed by atoms with Crippen LogP contribution in [0.5, 0.6) is 0 Å². The molecule has 0 atom stereocenters. The Bertz CT molecular complexity index is 486. The van der Waals surface area contributed by atoms with Crippen molar-refractivity contribution in [2.45, 2.75) is 52.2 Å². The normalized spacial score (nSPS) is 18.9. The number of carbonyl (C=O) groups is 1. The molecule has 110 valence electrons. The smallest absolute Gasteiger partial charge is 0.335 e. The second-order valence-electron chi connectivity index (χ2n) is 6.29. The van der Waals surface area contributed by atoms with Gasteiger partial charge in [0.2, 0.25) is 0 Å². The summed E-state index contributed by atoms with van der Waals surface area (Å²) < 4.78 is 5.91. The van der Waals surface area contributed by atoms with Gasteiger partial charge in [0, 0.05) is 5.02 Å². The van der Waals surface area contributed by atoms with Gasteiger partial charge in [-0.3, -0.25) is 0 Å². The molecule has 0 amide bonds. The van der Waals surface area contributed by atoms with E-state index in [0.717, 1.165) is 18.4 Å². The average molecular weight is 297 g/mol. The number of hydrogen-bond donors (Lipinski definition) is 1. The highest BCUT2D eigenvalue weighted by atomic mass is 35.5. The Kier molecular flexibility index (Phi) is 4.71. The van der Waals surface area contributed by atoms with E-state index in [2.05, 4.69) is 13.8 Å². The van der Waals surface area contributed by atoms with Crippen LogP contribution in [-0.2, 0) is 11.3 Å². The fourth-order valence-electron chi connectivity index (χ4n) is 2.54. The number of hydrogen-bond acceptors (Lipinski definition) is 2. The predicted molar refractivity (Wildman–Crippen MR) is 79.2 cm³/mol. The summed E-state index contributed by atoms with van der Waals surface area (Å²) in [5.41, 5.74) is 1.49. The lowest BCUT2D eigenvalue weighted by molar-refractivity contribution is -0.00556. The maximum atomic E-state index is 10.8. The van der Waals surface area contributed by atoms with Crippen LogP contribution < -0.4 is 0 Å². The standard InChI is InChI=1S/C16H21ClO3/c1-16(2)7-5-13(6-8-16)20-10-12-4-3-11(15(18)19)9-14(12)17/h3-4,9,13H,5-8,10H2,1-2H3,(H,18,19). The van der Waals surface area contributed by atoms with Gasteiger partial charge in [-0.15, -0.1) is 0 Å². The molecule has 1 fully saturated rings. The van der Waals surface area contributed by atoms with E-state index < -0.39 is 5.97 Å². The molecule has 1 aromatic rings. The first kappa shape index (κ1) is 15.3. The van der Waals surface area contributed by atoms with E-state index in [1.54, 1.807) is 12.1 Å². The highest BCUT2D eigenvalue weighted by Crippen LogP contribution is 2.36. The van der Waals surface area contributed by atoms with Crippen LogP contribution in [0.15, 0.2) is 18.2 Å². The number of rotatable bonds is 4. The van der Waals surface area contributed by atoms with Crippen LogP contribution in [0.3, 0.4) is 0 Å². The molecule has 0 unspecified atom stereocenters. The molecule has 1 aromatic carbocycles. The SMILES string of the molecule is CC1(C)CCC(OCc2ccc(C(=O)O)cc2Cl)CC1. The first-order valence-electron chi connectivity index (χ1n) is 7.01. The summed E-state index contributed by atoms with van der Waals surface area (Å²) in [5.74, 6) is -0.964. The topological polar surface area (TPSA) is 46.5 Å². The van der Waals surface area contributed by atoms with Crippen LogP contribution in [-0.4, -0.2) is 17.2 Å². The molecule has 0 saturated heterocycles. The Balaban J connectivity index is 1.90. The van der Waals surface area contributed by atoms with Crippen LogP contribution in [0.2, 0.25) is 5.02 Å². The van der Waals surface area contributed by atoms with E-state index in [-0.39, 0.29) is 5.56 Å². The molecule has 0 bridgehead atoms. The molecule has 1 aliphatic rings. The van der Waals surface area contributed by atoms with Crippen molar-refractivity contribution in [2.75, 3.05) is 0 Å². The van der Waals surface area contributed by atoms with Crippen LogP contribution in [0.4, 0.5) is 0 Å². The Hall–Kier alpha value is -1.06. The third-order valence-corrected chi connectivity index (χ3v) is 4.41. The van der Waals surface area contributed by atoms with Gasteiger partial charge in [0.05, 0.1) is 18.3 Å². The maximum absolute atomic E-state index is 10.8. The monoisotopic (exact) mass is 296 g/mol. The second kappa shape index (κ2) is 6.15. The predicted octanol–water partition coefficient (Wildman–Crippen LogP) is 4.52. The van der Waals surface area contributed by atoms with E-state index in [1.165, 1.54) is 18.9 Å². The highest BCUT2D eigenvalue weighted by molar-refractivity contribution is 6.31. The molecule has 0 heterocycles. The minimum absolute atomic E-state index is 0.207. The zero-order valence-corrected chi connectivity index (χ0v) is 12.7. The van der Waals surface area contributed by atoms with Crippen molar-refractivity contribution >= 4 is 17.6 Å². The third kappa shape index (κ3) is 3.97. The summed E-state index contributed by atoms with van der Waals surface area (Å²) in [5, 5.41) is 9.35. The first-order chi connectivity index (χ1) is 9.37. The van der Waals surface area contributed by atoms with Gasteiger partial charge in [0.15, 0.2) is 0 Å². The fraction of sp³-hybridized carbons (Fsp3) is 0.562. The Morgan fingerprint density at radius 1 is 1.40 bits per heavy atom. The van der Waals surface area contributed by atoms with E-state index >= 15 is 0 Å². The van der Waals surface area contributed by atoms with Crippen molar-refractivity contribution in [3.05, 3.63) is 34.3 Å². The minimum Gasteiger partial charge on any atom is -0.478 e. The van der Waals surface area contributed by atoms with Gasteiger partial charge in [0.1, 0.15) is 0 Å². The van der Waals surface area contributed by atoms with Gasteiger partial charge in [-0.25, -0.2) is 4.79 Å². The molecular weight excluding hydrogens is 276 g/mol. The van der Waals surface area contributed by atoms with Gasteiger partial charge in [-0.1, -0.05) is 31.5 Å². The van der Waals surface area contributed by atoms with Crippen LogP contribution in [0.1, 0.15) is 55.5 Å². The Morgan fingerprint density at radius 3 is 2.60 bits per heavy atom. The van der Waals surface area contributed by atoms with Crippen molar-refractivity contribution in [3.63, 3.8) is 0 Å².